The van der Waals surface area contributed by atoms with Crippen LogP contribution >= 0.6 is 0 Å². The maximum Gasteiger partial charge on any atom is 0.310 e. The number of rotatable bonds is 20. The number of hydrogen-bond acceptors (Lipinski definition) is 10. The summed E-state index contributed by atoms with van der Waals surface area (Å²) in [5.74, 6) is -8.09. The molecule has 0 aliphatic rings. The fourth-order valence-electron chi connectivity index (χ4n) is 9.24. The van der Waals surface area contributed by atoms with Crippen molar-refractivity contribution in [3.05, 3.63) is 356 Å². The number of carboxylic acid groups (broad SMARTS) is 5. The second kappa shape index (κ2) is 35.5. The number of hydrogen-bond donors (Lipinski definition) is 5. The average molecular weight is 1270 g/mol. The van der Waals surface area contributed by atoms with Crippen LogP contribution < -0.4 is 0 Å². The van der Waals surface area contributed by atoms with E-state index in [1.807, 2.05) is 30.3 Å². The van der Waals surface area contributed by atoms with E-state index in [1.165, 1.54) is 0 Å². The van der Waals surface area contributed by atoms with Gasteiger partial charge in [-0.25, -0.2) is 0 Å². The molecule has 10 rings (SSSR count). The summed E-state index contributed by atoms with van der Waals surface area (Å²) in [5, 5.41) is 45.0. The molecule has 0 spiro atoms. The monoisotopic (exact) mass is 1270 g/mol. The Kier molecular flexibility index (Phi) is 26.9. The predicted octanol–water partition coefficient (Wildman–Crippen LogP) is 15.5. The van der Waals surface area contributed by atoms with Crippen LogP contribution in [0, 0.1) is 0 Å². The Morgan fingerprint density at radius 1 is 0.189 bits per heavy atom. The first kappa shape index (κ1) is 72.0. The van der Waals surface area contributed by atoms with Crippen molar-refractivity contribution in [1.29, 1.82) is 0 Å². The minimum atomic E-state index is -0.899. The highest BCUT2D eigenvalue weighted by Crippen LogP contribution is 2.24. The molecule has 5 N–H and O–H groups in total. The molecule has 0 saturated heterocycles. The van der Waals surface area contributed by atoms with Crippen LogP contribution in [0.2, 0.25) is 0 Å². The lowest BCUT2D eigenvalue weighted by molar-refractivity contribution is -0.139. The molecule has 0 heterocycles. The quantitative estimate of drug-likeness (QED) is 0.0444. The van der Waals surface area contributed by atoms with E-state index in [0.717, 1.165) is 0 Å². The molecule has 0 aliphatic carbocycles. The van der Waals surface area contributed by atoms with Crippen LogP contribution in [0.25, 0.3) is 0 Å². The fraction of sp³-hybridized carbons (Fsp3) is 0.125. The van der Waals surface area contributed by atoms with Crippen molar-refractivity contribution in [1.82, 2.24) is 0 Å². The molecular formula is C80H70O15. The smallest absolute Gasteiger partial charge is 0.310 e. The van der Waals surface area contributed by atoms with Crippen molar-refractivity contribution in [3.8, 4) is 0 Å². The van der Waals surface area contributed by atoms with Crippen LogP contribution in [-0.2, 0) is 24.0 Å². The highest BCUT2D eigenvalue weighted by molar-refractivity contribution is 6.11. The molecule has 0 fully saturated rings. The maximum atomic E-state index is 12.2. The number of ketones is 5. The van der Waals surface area contributed by atoms with Crippen molar-refractivity contribution < 1.29 is 73.5 Å². The molecule has 0 amide bonds. The minimum Gasteiger partial charge on any atom is -0.481 e. The summed E-state index contributed by atoms with van der Waals surface area (Å²) in [6.07, 6.45) is 0. The Balaban J connectivity index is 0.000000188. The Hall–Kier alpha value is -12.1. The lowest BCUT2D eigenvalue weighted by Gasteiger charge is -2.08. The largest absolute Gasteiger partial charge is 0.481 e. The fourth-order valence-corrected chi connectivity index (χ4v) is 9.24. The van der Waals surface area contributed by atoms with E-state index in [2.05, 4.69) is 0 Å². The van der Waals surface area contributed by atoms with Crippen LogP contribution in [0.3, 0.4) is 0 Å². The lowest BCUT2D eigenvalue weighted by atomic mass is 9.96. The molecule has 10 aromatic carbocycles. The highest BCUT2D eigenvalue weighted by atomic mass is 16.4. The minimum absolute atomic E-state index is 0.0972. The first-order chi connectivity index (χ1) is 45.5. The van der Waals surface area contributed by atoms with Gasteiger partial charge in [0.2, 0.25) is 0 Å². The summed E-state index contributed by atoms with van der Waals surface area (Å²) in [7, 11) is 0. The highest BCUT2D eigenvalue weighted by Gasteiger charge is 2.21. The molecule has 10 aromatic rings. The van der Waals surface area contributed by atoms with Crippen molar-refractivity contribution in [3.63, 3.8) is 0 Å². The van der Waals surface area contributed by atoms with E-state index < -0.39 is 59.4 Å². The molecular weight excluding hydrogens is 1200 g/mol. The van der Waals surface area contributed by atoms with E-state index in [0.29, 0.717) is 83.5 Å². The summed E-state index contributed by atoms with van der Waals surface area (Å²) in [6, 6.07) is 78.6. The second-order valence-electron chi connectivity index (χ2n) is 21.9. The molecule has 15 nitrogen and oxygen atoms in total. The molecule has 0 saturated carbocycles. The van der Waals surface area contributed by atoms with Gasteiger partial charge in [0.1, 0.15) is 0 Å². The topological polar surface area (TPSA) is 272 Å². The average Bonchev–Trinajstić information content (AvgIpc) is 1.11. The van der Waals surface area contributed by atoms with Crippen LogP contribution in [0.1, 0.15) is 172 Å². The zero-order valence-corrected chi connectivity index (χ0v) is 52.7. The number of aliphatic carboxylic acids is 5. The third-order valence-electron chi connectivity index (χ3n) is 15.3. The molecule has 0 bridgehead atoms. The zero-order valence-electron chi connectivity index (χ0n) is 52.7. The number of carbonyl (C=O) groups excluding carboxylic acids is 5. The van der Waals surface area contributed by atoms with Crippen molar-refractivity contribution in [2.45, 2.75) is 64.2 Å². The van der Waals surface area contributed by atoms with E-state index in [1.54, 1.807) is 277 Å². The van der Waals surface area contributed by atoms with Gasteiger partial charge >= 0.3 is 29.8 Å². The number of benzene rings is 10. The lowest BCUT2D eigenvalue weighted by Crippen LogP contribution is -2.09. The molecule has 95 heavy (non-hydrogen) atoms. The third-order valence-corrected chi connectivity index (χ3v) is 15.3. The number of carbonyl (C=O) groups is 10. The third kappa shape index (κ3) is 21.0. The van der Waals surface area contributed by atoms with Gasteiger partial charge in [0.15, 0.2) is 28.9 Å². The summed E-state index contributed by atoms with van der Waals surface area (Å²) in [6.45, 7) is 8.03. The van der Waals surface area contributed by atoms with Gasteiger partial charge in [-0.05, 0) is 92.8 Å². The van der Waals surface area contributed by atoms with Gasteiger partial charge in [-0.2, -0.15) is 0 Å². The van der Waals surface area contributed by atoms with Crippen LogP contribution in [0.4, 0.5) is 0 Å². The Morgan fingerprint density at radius 3 is 0.442 bits per heavy atom. The molecule has 5 atom stereocenters. The van der Waals surface area contributed by atoms with E-state index in [4.69, 9.17) is 25.5 Å². The van der Waals surface area contributed by atoms with Gasteiger partial charge in [-0.15, -0.1) is 0 Å². The zero-order chi connectivity index (χ0) is 69.1. The normalized spacial score (nSPS) is 11.8. The van der Waals surface area contributed by atoms with Crippen LogP contribution in [-0.4, -0.2) is 84.3 Å². The number of carboxylic acids is 5. The summed E-state index contributed by atoms with van der Waals surface area (Å²) >= 11 is 0. The van der Waals surface area contributed by atoms with Crippen LogP contribution in [0.15, 0.2) is 273 Å². The standard InChI is InChI=1S/5C16H14O3/c5*1-11(16(18)19)13-8-5-9-14(10-13)15(17)12-6-3-2-4-7-12/h5*2-11H,1H3,(H,18,19). The molecule has 0 radical (unpaired) electrons. The molecule has 15 heteroatoms. The van der Waals surface area contributed by atoms with Crippen molar-refractivity contribution in [2.75, 3.05) is 0 Å². The Bertz CT molecular complexity index is 3660. The van der Waals surface area contributed by atoms with Gasteiger partial charge < -0.3 is 25.5 Å². The Labute approximate surface area is 550 Å². The van der Waals surface area contributed by atoms with Gasteiger partial charge in [-0.3, -0.25) is 47.9 Å². The first-order valence-electron chi connectivity index (χ1n) is 30.1. The molecule has 5 unspecified atom stereocenters. The summed E-state index contributed by atoms with van der Waals surface area (Å²) in [5.41, 5.74) is 8.72. The second-order valence-corrected chi connectivity index (χ2v) is 21.9. The van der Waals surface area contributed by atoms with Gasteiger partial charge in [0.25, 0.3) is 0 Å². The van der Waals surface area contributed by atoms with Gasteiger partial charge in [-0.1, -0.05) is 243 Å². The van der Waals surface area contributed by atoms with E-state index in [-0.39, 0.29) is 28.9 Å². The van der Waals surface area contributed by atoms with Gasteiger partial charge in [0, 0.05) is 55.6 Å². The van der Waals surface area contributed by atoms with E-state index in [9.17, 15) is 47.9 Å². The van der Waals surface area contributed by atoms with Crippen molar-refractivity contribution in [2.24, 2.45) is 0 Å². The molecule has 0 aliphatic heterocycles. The van der Waals surface area contributed by atoms with Crippen molar-refractivity contribution >= 4 is 58.8 Å². The first-order valence-corrected chi connectivity index (χ1v) is 30.1. The molecule has 480 valence electrons. The molecule has 0 aromatic heterocycles. The summed E-state index contributed by atoms with van der Waals surface area (Å²) in [4.78, 5) is 116. The Morgan fingerprint density at radius 2 is 0.316 bits per heavy atom. The van der Waals surface area contributed by atoms with E-state index >= 15 is 0 Å². The maximum absolute atomic E-state index is 12.2. The van der Waals surface area contributed by atoms with Gasteiger partial charge in [0.05, 0.1) is 29.6 Å². The summed E-state index contributed by atoms with van der Waals surface area (Å²) < 4.78 is 0. The predicted molar refractivity (Wildman–Crippen MR) is 362 cm³/mol. The SMILES string of the molecule is CC(C(=O)O)c1cccc(C(=O)c2ccccc2)c1.CC(C(=O)O)c1cccc(C(=O)c2ccccc2)c1.CC(C(=O)O)c1cccc(C(=O)c2ccccc2)c1.CC(C(=O)O)c1cccc(C(=O)c2ccccc2)c1.CC(C(=O)O)c1cccc(C(=O)c2ccccc2)c1. The van der Waals surface area contributed by atoms with Crippen LogP contribution in [0.5, 0.6) is 0 Å².